The highest BCUT2D eigenvalue weighted by Crippen LogP contribution is 2.21. The van der Waals surface area contributed by atoms with Crippen molar-refractivity contribution in [2.45, 2.75) is 13.0 Å². The van der Waals surface area contributed by atoms with Crippen LogP contribution in [-0.2, 0) is 0 Å². The fraction of sp³-hybridized carbons (Fsp3) is 0.100. The van der Waals surface area contributed by atoms with E-state index in [9.17, 15) is 19.5 Å². The van der Waals surface area contributed by atoms with Gasteiger partial charge in [0.05, 0.1) is 6.04 Å². The molecule has 148 valence electrons. The maximum Gasteiger partial charge on any atom is 0.358 e. The zero-order valence-electron chi connectivity index (χ0n) is 15.3. The minimum atomic E-state index is -1.53. The van der Waals surface area contributed by atoms with E-state index >= 15 is 0 Å². The summed E-state index contributed by atoms with van der Waals surface area (Å²) in [5, 5.41) is 24.1. The molecule has 5 N–H and O–H groups in total. The van der Waals surface area contributed by atoms with Crippen molar-refractivity contribution in [1.82, 2.24) is 15.3 Å². The molecule has 0 saturated heterocycles. The molecule has 2 amide bonds. The van der Waals surface area contributed by atoms with Gasteiger partial charge in [-0.05, 0) is 24.6 Å². The van der Waals surface area contributed by atoms with Crippen molar-refractivity contribution in [2.24, 2.45) is 0 Å². The van der Waals surface area contributed by atoms with Gasteiger partial charge in [-0.2, -0.15) is 0 Å². The van der Waals surface area contributed by atoms with E-state index in [4.69, 9.17) is 5.11 Å². The van der Waals surface area contributed by atoms with Crippen LogP contribution in [0, 0.1) is 0 Å². The third kappa shape index (κ3) is 4.59. The highest BCUT2D eigenvalue weighted by Gasteiger charge is 2.18. The molecule has 3 rings (SSSR count). The number of carboxylic acids is 1. The van der Waals surface area contributed by atoms with E-state index in [1.165, 1.54) is 6.07 Å². The molecule has 9 heteroatoms. The van der Waals surface area contributed by atoms with Gasteiger partial charge in [-0.1, -0.05) is 42.5 Å². The second-order valence-electron chi connectivity index (χ2n) is 6.23. The summed E-state index contributed by atoms with van der Waals surface area (Å²) in [4.78, 5) is 41.3. The number of aromatic nitrogens is 2. The van der Waals surface area contributed by atoms with Crippen LogP contribution < -0.4 is 16.2 Å². The Bertz CT molecular complexity index is 1110. The highest BCUT2D eigenvalue weighted by atomic mass is 16.4. The fourth-order valence-corrected chi connectivity index (χ4v) is 2.69. The maximum atomic E-state index is 12.3. The zero-order valence-corrected chi connectivity index (χ0v) is 15.3. The van der Waals surface area contributed by atoms with Crippen LogP contribution in [0.4, 0.5) is 10.5 Å². The van der Waals surface area contributed by atoms with Gasteiger partial charge in [-0.15, -0.1) is 0 Å². The summed E-state index contributed by atoms with van der Waals surface area (Å²) in [6.07, 6.45) is 0. The molecule has 0 aliphatic carbocycles. The molecule has 0 saturated carbocycles. The number of nitrogens with one attached hydrogen (secondary N) is 3. The summed E-state index contributed by atoms with van der Waals surface area (Å²) in [6.45, 7) is 1.85. The number of rotatable bonds is 5. The van der Waals surface area contributed by atoms with Crippen LogP contribution in [0.1, 0.15) is 29.0 Å². The molecule has 9 nitrogen and oxygen atoms in total. The number of hydrogen-bond acceptors (Lipinski definition) is 5. The van der Waals surface area contributed by atoms with Crippen LogP contribution >= 0.6 is 0 Å². The van der Waals surface area contributed by atoms with Crippen LogP contribution in [0.25, 0.3) is 11.4 Å². The van der Waals surface area contributed by atoms with Crippen molar-refractivity contribution in [2.75, 3.05) is 5.32 Å². The summed E-state index contributed by atoms with van der Waals surface area (Å²) in [5.41, 5.74) is -0.00781. The van der Waals surface area contributed by atoms with Crippen molar-refractivity contribution in [3.8, 4) is 17.1 Å². The summed E-state index contributed by atoms with van der Waals surface area (Å²) in [6, 6.07) is 15.1. The Kier molecular flexibility index (Phi) is 5.59. The molecule has 1 aromatic heterocycles. The van der Waals surface area contributed by atoms with Crippen molar-refractivity contribution < 1.29 is 19.8 Å². The van der Waals surface area contributed by atoms with Crippen molar-refractivity contribution in [1.29, 1.82) is 0 Å². The number of aromatic amines is 1. The minimum Gasteiger partial charge on any atom is -0.501 e. The number of hydrogen-bond donors (Lipinski definition) is 5. The number of nitrogens with zero attached hydrogens (tertiary/aromatic N) is 1. The molecule has 1 atom stereocenters. The lowest BCUT2D eigenvalue weighted by Crippen LogP contribution is -2.31. The quantitative estimate of drug-likeness (QED) is 0.450. The van der Waals surface area contributed by atoms with Crippen LogP contribution in [0.5, 0.6) is 5.75 Å². The third-order valence-electron chi connectivity index (χ3n) is 4.14. The number of aromatic hydroxyl groups is 1. The first-order chi connectivity index (χ1) is 13.8. The van der Waals surface area contributed by atoms with Crippen LogP contribution in [0.15, 0.2) is 59.4 Å². The smallest absolute Gasteiger partial charge is 0.358 e. The van der Waals surface area contributed by atoms with Gasteiger partial charge in [0.1, 0.15) is 5.82 Å². The van der Waals surface area contributed by atoms with Gasteiger partial charge >= 0.3 is 12.0 Å². The molecule has 0 aliphatic rings. The average Bonchev–Trinajstić information content (AvgIpc) is 2.70. The van der Waals surface area contributed by atoms with Crippen LogP contribution in [0.2, 0.25) is 0 Å². The predicted octanol–water partition coefficient (Wildman–Crippen LogP) is 2.72. The molecule has 2 aromatic carbocycles. The lowest BCUT2D eigenvalue weighted by molar-refractivity contribution is 0.0686. The maximum absolute atomic E-state index is 12.3. The minimum absolute atomic E-state index is 0.0492. The van der Waals surface area contributed by atoms with Crippen molar-refractivity contribution >= 4 is 17.7 Å². The first-order valence-corrected chi connectivity index (χ1v) is 8.64. The van der Waals surface area contributed by atoms with Gasteiger partial charge in [0.25, 0.3) is 5.56 Å². The second kappa shape index (κ2) is 8.26. The predicted molar refractivity (Wildman–Crippen MR) is 106 cm³/mol. The largest absolute Gasteiger partial charge is 0.501 e. The lowest BCUT2D eigenvalue weighted by Gasteiger charge is -2.15. The van der Waals surface area contributed by atoms with E-state index in [0.29, 0.717) is 11.3 Å². The number of carbonyl (C=O) groups excluding carboxylic acids is 1. The van der Waals surface area contributed by atoms with Crippen molar-refractivity contribution in [3.63, 3.8) is 0 Å². The molecule has 29 heavy (non-hydrogen) atoms. The van der Waals surface area contributed by atoms with E-state index in [1.54, 1.807) is 18.2 Å². The van der Waals surface area contributed by atoms with E-state index in [-0.39, 0.29) is 11.9 Å². The number of amides is 2. The Morgan fingerprint density at radius 1 is 1.10 bits per heavy atom. The van der Waals surface area contributed by atoms with Gasteiger partial charge in [-0.25, -0.2) is 14.6 Å². The molecule has 0 fully saturated rings. The summed E-state index contributed by atoms with van der Waals surface area (Å²) in [5.74, 6) is -2.55. The summed E-state index contributed by atoms with van der Waals surface area (Å²) >= 11 is 0. The molecular weight excluding hydrogens is 376 g/mol. The first-order valence-electron chi connectivity index (χ1n) is 8.64. The monoisotopic (exact) mass is 394 g/mol. The normalized spacial score (nSPS) is 11.5. The number of benzene rings is 2. The van der Waals surface area contributed by atoms with E-state index in [2.05, 4.69) is 20.6 Å². The molecule has 0 bridgehead atoms. The van der Waals surface area contributed by atoms with Gasteiger partial charge in [0, 0.05) is 11.3 Å². The van der Waals surface area contributed by atoms with E-state index < -0.39 is 29.0 Å². The topological polar surface area (TPSA) is 144 Å². The molecule has 0 aliphatic heterocycles. The number of anilines is 1. The Balaban J connectivity index is 1.79. The summed E-state index contributed by atoms with van der Waals surface area (Å²) < 4.78 is 0. The number of carbonyl (C=O) groups is 2. The lowest BCUT2D eigenvalue weighted by atomic mass is 10.1. The Labute approximate surface area is 165 Å². The Morgan fingerprint density at radius 2 is 1.83 bits per heavy atom. The fourth-order valence-electron chi connectivity index (χ4n) is 2.69. The molecule has 0 radical (unpaired) electrons. The van der Waals surface area contributed by atoms with Crippen molar-refractivity contribution in [3.05, 3.63) is 76.2 Å². The Morgan fingerprint density at radius 3 is 2.52 bits per heavy atom. The molecule has 0 unspecified atom stereocenters. The Hall–Kier alpha value is -4.14. The van der Waals surface area contributed by atoms with Gasteiger partial charge in [-0.3, -0.25) is 4.79 Å². The second-order valence-corrected chi connectivity index (χ2v) is 6.23. The third-order valence-corrected chi connectivity index (χ3v) is 4.14. The van der Waals surface area contributed by atoms with Crippen LogP contribution in [0.3, 0.4) is 0 Å². The number of aromatic carboxylic acids is 1. The standard InChI is InChI=1S/C20H18N4O5/c1-11(12-6-3-2-4-7-12)21-20(29)22-14-9-5-8-13(10-14)17-23-15(19(27)28)16(25)18(26)24-17/h2-11,25H,1H3,(H,27,28)(H2,21,22,29)(H,23,24,26)/t11-/m0/s1. The SMILES string of the molecule is C[C@H](NC(=O)Nc1cccc(-c2nc(C(=O)O)c(O)c(=O)[nH]2)c1)c1ccccc1. The molecule has 0 spiro atoms. The van der Waals surface area contributed by atoms with Crippen LogP contribution in [-0.4, -0.2) is 32.2 Å². The number of carboxylic acid groups (broad SMARTS) is 1. The van der Waals surface area contributed by atoms with E-state index in [1.807, 2.05) is 37.3 Å². The molecular formula is C20H18N4O5. The highest BCUT2D eigenvalue weighted by molar-refractivity contribution is 5.91. The van der Waals surface area contributed by atoms with E-state index in [0.717, 1.165) is 5.56 Å². The first kappa shape index (κ1) is 19.6. The average molecular weight is 394 g/mol. The molecule has 3 aromatic rings. The van der Waals surface area contributed by atoms with Gasteiger partial charge in [0.2, 0.25) is 5.75 Å². The summed E-state index contributed by atoms with van der Waals surface area (Å²) in [7, 11) is 0. The zero-order chi connectivity index (χ0) is 21.0. The number of H-pyrrole nitrogens is 1. The van der Waals surface area contributed by atoms with Gasteiger partial charge in [0.15, 0.2) is 5.69 Å². The van der Waals surface area contributed by atoms with Gasteiger partial charge < -0.3 is 25.8 Å². The number of urea groups is 1. The molecule has 1 heterocycles.